The van der Waals surface area contributed by atoms with Crippen LogP contribution in [0.15, 0.2) is 53.0 Å². The van der Waals surface area contributed by atoms with Gasteiger partial charge in [-0.25, -0.2) is 4.39 Å². The fraction of sp³-hybridized carbons (Fsp3) is 0.222. The molecule has 24 heavy (non-hydrogen) atoms. The monoisotopic (exact) mass is 393 g/mol. The van der Waals surface area contributed by atoms with Gasteiger partial charge in [0.25, 0.3) is 5.91 Å². The number of amides is 1. The zero-order valence-electron chi connectivity index (χ0n) is 13.1. The lowest BCUT2D eigenvalue weighted by atomic mass is 10.1. The summed E-state index contributed by atoms with van der Waals surface area (Å²) < 4.78 is 18.8. The highest BCUT2D eigenvalue weighted by atomic mass is 79.9. The van der Waals surface area contributed by atoms with Crippen molar-refractivity contribution in [3.8, 4) is 0 Å². The van der Waals surface area contributed by atoms with Crippen molar-refractivity contribution in [2.75, 3.05) is 5.32 Å². The molecule has 0 aromatic heterocycles. The smallest absolute Gasteiger partial charge is 0.306 e. The summed E-state index contributed by atoms with van der Waals surface area (Å²) in [5.41, 5.74) is 1.45. The Hall–Kier alpha value is -2.21. The highest BCUT2D eigenvalue weighted by molar-refractivity contribution is 9.10. The summed E-state index contributed by atoms with van der Waals surface area (Å²) in [4.78, 5) is 23.8. The third kappa shape index (κ3) is 5.77. The Morgan fingerprint density at radius 2 is 1.92 bits per heavy atom. The summed E-state index contributed by atoms with van der Waals surface area (Å²) in [5.74, 6) is -1.20. The molecular formula is C18H17BrFNO3. The number of hydrogen-bond donors (Lipinski definition) is 1. The third-order valence-corrected chi connectivity index (χ3v) is 3.79. The Labute approximate surface area is 148 Å². The van der Waals surface area contributed by atoms with E-state index < -0.39 is 18.0 Å². The molecule has 2 rings (SSSR count). The molecule has 1 atom stereocenters. The van der Waals surface area contributed by atoms with Gasteiger partial charge in [0.15, 0.2) is 6.10 Å². The van der Waals surface area contributed by atoms with Gasteiger partial charge in [-0.15, -0.1) is 0 Å². The van der Waals surface area contributed by atoms with Crippen LogP contribution in [0.2, 0.25) is 0 Å². The molecule has 2 aromatic carbocycles. The van der Waals surface area contributed by atoms with Crippen molar-refractivity contribution in [2.24, 2.45) is 0 Å². The highest BCUT2D eigenvalue weighted by Gasteiger charge is 2.17. The van der Waals surface area contributed by atoms with Crippen LogP contribution in [-0.2, 0) is 20.7 Å². The van der Waals surface area contributed by atoms with Gasteiger partial charge in [-0.3, -0.25) is 9.59 Å². The van der Waals surface area contributed by atoms with Crippen molar-refractivity contribution in [1.29, 1.82) is 0 Å². The van der Waals surface area contributed by atoms with Crippen LogP contribution in [0.3, 0.4) is 0 Å². The van der Waals surface area contributed by atoms with E-state index in [0.29, 0.717) is 12.1 Å². The summed E-state index contributed by atoms with van der Waals surface area (Å²) in [7, 11) is 0. The SMILES string of the molecule is C[C@H](OC(=O)CCc1ccc(F)cc1)C(=O)Nc1cccc(Br)c1. The number of anilines is 1. The van der Waals surface area contributed by atoms with Crippen LogP contribution < -0.4 is 5.32 Å². The number of halogens is 2. The van der Waals surface area contributed by atoms with Gasteiger partial charge in [0.2, 0.25) is 0 Å². The van der Waals surface area contributed by atoms with E-state index in [4.69, 9.17) is 4.74 Å². The lowest BCUT2D eigenvalue weighted by Crippen LogP contribution is -2.30. The third-order valence-electron chi connectivity index (χ3n) is 3.30. The molecule has 6 heteroatoms. The number of carbonyl (C=O) groups is 2. The minimum absolute atomic E-state index is 0.125. The molecule has 0 unspecified atom stereocenters. The quantitative estimate of drug-likeness (QED) is 0.751. The van der Waals surface area contributed by atoms with Gasteiger partial charge in [-0.1, -0.05) is 34.1 Å². The van der Waals surface area contributed by atoms with Crippen LogP contribution in [0, 0.1) is 5.82 Å². The van der Waals surface area contributed by atoms with Crippen LogP contribution >= 0.6 is 15.9 Å². The Morgan fingerprint density at radius 1 is 1.21 bits per heavy atom. The molecule has 0 saturated heterocycles. The first kappa shape index (κ1) is 18.1. The molecule has 0 aliphatic heterocycles. The normalized spacial score (nSPS) is 11.6. The Morgan fingerprint density at radius 3 is 2.58 bits per heavy atom. The first-order valence-corrected chi connectivity index (χ1v) is 8.23. The molecule has 0 aliphatic carbocycles. The predicted octanol–water partition coefficient (Wildman–Crippen LogP) is 4.09. The van der Waals surface area contributed by atoms with Crippen LogP contribution in [-0.4, -0.2) is 18.0 Å². The highest BCUT2D eigenvalue weighted by Crippen LogP contribution is 2.16. The fourth-order valence-corrected chi connectivity index (χ4v) is 2.42. The maximum absolute atomic E-state index is 12.8. The van der Waals surface area contributed by atoms with Crippen LogP contribution in [0.4, 0.5) is 10.1 Å². The van der Waals surface area contributed by atoms with Crippen molar-refractivity contribution in [3.05, 3.63) is 64.4 Å². The van der Waals surface area contributed by atoms with E-state index in [0.717, 1.165) is 10.0 Å². The molecule has 0 spiro atoms. The number of rotatable bonds is 6. The minimum atomic E-state index is -0.898. The molecule has 0 saturated carbocycles. The summed E-state index contributed by atoms with van der Waals surface area (Å²) >= 11 is 3.32. The summed E-state index contributed by atoms with van der Waals surface area (Å²) in [6.07, 6.45) is -0.344. The van der Waals surface area contributed by atoms with E-state index in [1.807, 2.05) is 6.07 Å². The van der Waals surface area contributed by atoms with E-state index in [9.17, 15) is 14.0 Å². The fourth-order valence-electron chi connectivity index (χ4n) is 2.02. The molecule has 0 fully saturated rings. The average Bonchev–Trinajstić information content (AvgIpc) is 2.54. The summed E-state index contributed by atoms with van der Waals surface area (Å²) in [6.45, 7) is 1.52. The zero-order valence-corrected chi connectivity index (χ0v) is 14.7. The summed E-state index contributed by atoms with van der Waals surface area (Å²) in [6, 6.07) is 13.0. The molecule has 2 aromatic rings. The number of ether oxygens (including phenoxy) is 1. The summed E-state index contributed by atoms with van der Waals surface area (Å²) in [5, 5.41) is 2.68. The topological polar surface area (TPSA) is 55.4 Å². The lowest BCUT2D eigenvalue weighted by molar-refractivity contribution is -0.153. The second-order valence-electron chi connectivity index (χ2n) is 5.26. The van der Waals surface area contributed by atoms with Gasteiger partial charge in [-0.2, -0.15) is 0 Å². The van der Waals surface area contributed by atoms with E-state index in [2.05, 4.69) is 21.2 Å². The van der Waals surface area contributed by atoms with Gasteiger partial charge in [-0.05, 0) is 49.2 Å². The molecule has 4 nitrogen and oxygen atoms in total. The maximum Gasteiger partial charge on any atom is 0.306 e. The number of carbonyl (C=O) groups excluding carboxylic acids is 2. The molecule has 1 amide bonds. The second-order valence-corrected chi connectivity index (χ2v) is 6.17. The van der Waals surface area contributed by atoms with Gasteiger partial charge >= 0.3 is 5.97 Å². The Balaban J connectivity index is 1.80. The van der Waals surface area contributed by atoms with Crippen LogP contribution in [0.1, 0.15) is 18.9 Å². The number of nitrogens with one attached hydrogen (secondary N) is 1. The van der Waals surface area contributed by atoms with E-state index in [-0.39, 0.29) is 12.2 Å². The van der Waals surface area contributed by atoms with Crippen LogP contribution in [0.25, 0.3) is 0 Å². The minimum Gasteiger partial charge on any atom is -0.453 e. The molecule has 0 bridgehead atoms. The molecular weight excluding hydrogens is 377 g/mol. The molecule has 0 heterocycles. The molecule has 126 valence electrons. The van der Waals surface area contributed by atoms with Crippen molar-refractivity contribution in [1.82, 2.24) is 0 Å². The van der Waals surface area contributed by atoms with Crippen molar-refractivity contribution < 1.29 is 18.7 Å². The Kier molecular flexibility index (Phi) is 6.49. The average molecular weight is 394 g/mol. The van der Waals surface area contributed by atoms with Crippen molar-refractivity contribution in [3.63, 3.8) is 0 Å². The first-order chi connectivity index (χ1) is 11.4. The second kappa shape index (κ2) is 8.59. The number of esters is 1. The van der Waals surface area contributed by atoms with Gasteiger partial charge in [0.1, 0.15) is 5.82 Å². The lowest BCUT2D eigenvalue weighted by Gasteiger charge is -2.13. The van der Waals surface area contributed by atoms with Gasteiger partial charge in [0, 0.05) is 16.6 Å². The van der Waals surface area contributed by atoms with E-state index in [1.54, 1.807) is 30.3 Å². The Bertz CT molecular complexity index is 718. The van der Waals surface area contributed by atoms with Crippen LogP contribution in [0.5, 0.6) is 0 Å². The first-order valence-electron chi connectivity index (χ1n) is 7.44. The maximum atomic E-state index is 12.8. The van der Waals surface area contributed by atoms with Crippen molar-refractivity contribution >= 4 is 33.5 Å². The van der Waals surface area contributed by atoms with Gasteiger partial charge < -0.3 is 10.1 Å². The van der Waals surface area contributed by atoms with Gasteiger partial charge in [0.05, 0.1) is 0 Å². The van der Waals surface area contributed by atoms with E-state index >= 15 is 0 Å². The largest absolute Gasteiger partial charge is 0.453 e. The van der Waals surface area contributed by atoms with Crippen molar-refractivity contribution in [2.45, 2.75) is 25.9 Å². The predicted molar refractivity (Wildman–Crippen MR) is 93.0 cm³/mol. The van der Waals surface area contributed by atoms with E-state index in [1.165, 1.54) is 19.1 Å². The standard InChI is InChI=1S/C18H17BrFNO3/c1-12(18(23)21-16-4-2-3-14(19)11-16)24-17(22)10-7-13-5-8-15(20)9-6-13/h2-6,8-9,11-12H,7,10H2,1H3,(H,21,23)/t12-/m0/s1. The zero-order chi connectivity index (χ0) is 17.5. The molecule has 1 N–H and O–H groups in total. The molecule has 0 radical (unpaired) electrons. The number of aryl methyl sites for hydroxylation is 1. The molecule has 0 aliphatic rings. The number of hydrogen-bond acceptors (Lipinski definition) is 3. The number of benzene rings is 2.